The van der Waals surface area contributed by atoms with Crippen LogP contribution < -0.4 is 5.32 Å². The lowest BCUT2D eigenvalue weighted by molar-refractivity contribution is 0.229. The fourth-order valence-corrected chi connectivity index (χ4v) is 1.65. The van der Waals surface area contributed by atoms with E-state index in [1.807, 2.05) is 0 Å². The predicted octanol–water partition coefficient (Wildman–Crippen LogP) is 4.30. The normalized spacial score (nSPS) is 14.0. The Morgan fingerprint density at radius 3 is 2.06 bits per heavy atom. The second-order valence-corrected chi connectivity index (χ2v) is 5.88. The molecule has 0 aromatic heterocycles. The minimum atomic E-state index is -0.489. The van der Waals surface area contributed by atoms with Gasteiger partial charge in [0.05, 0.1) is 0 Å². The van der Waals surface area contributed by atoms with E-state index in [9.17, 15) is 8.78 Å². The maximum absolute atomic E-state index is 13.6. The summed E-state index contributed by atoms with van der Waals surface area (Å²) in [6, 6.07) is 3.65. The van der Waals surface area contributed by atoms with Gasteiger partial charge in [0.2, 0.25) is 0 Å². The van der Waals surface area contributed by atoms with Crippen LogP contribution >= 0.6 is 0 Å². The van der Waals surface area contributed by atoms with Gasteiger partial charge in [0.15, 0.2) is 0 Å². The lowest BCUT2D eigenvalue weighted by Gasteiger charge is -2.31. The van der Waals surface area contributed by atoms with Gasteiger partial charge >= 0.3 is 0 Å². The van der Waals surface area contributed by atoms with Crippen LogP contribution in [0.25, 0.3) is 0 Å². The Labute approximate surface area is 109 Å². The van der Waals surface area contributed by atoms with Gasteiger partial charge in [-0.3, -0.25) is 0 Å². The lowest BCUT2D eigenvalue weighted by Crippen LogP contribution is -2.35. The third-order valence-corrected chi connectivity index (χ3v) is 3.86. The van der Waals surface area contributed by atoms with Gasteiger partial charge < -0.3 is 5.32 Å². The van der Waals surface area contributed by atoms with Crippen LogP contribution in [0.4, 0.5) is 8.78 Å². The number of benzene rings is 1. The zero-order valence-corrected chi connectivity index (χ0v) is 11.8. The van der Waals surface area contributed by atoms with Gasteiger partial charge in [0.25, 0.3) is 0 Å². The molecule has 1 N–H and O–H groups in total. The molecule has 0 aliphatic rings. The molecule has 1 nitrogen and oxygen atoms in total. The summed E-state index contributed by atoms with van der Waals surface area (Å²) in [4.78, 5) is 0. The Kier molecular flexibility index (Phi) is 4.85. The quantitative estimate of drug-likeness (QED) is 0.827. The summed E-state index contributed by atoms with van der Waals surface area (Å²) in [6.07, 6.45) is 0. The summed E-state index contributed by atoms with van der Waals surface area (Å²) in [5, 5.41) is 3.22. The van der Waals surface area contributed by atoms with Gasteiger partial charge in [-0.05, 0) is 30.4 Å². The summed E-state index contributed by atoms with van der Waals surface area (Å²) in [6.45, 7) is 11.1. The molecule has 1 aromatic carbocycles. The first-order chi connectivity index (χ1) is 8.25. The van der Waals surface area contributed by atoms with Crippen LogP contribution in [0.2, 0.25) is 0 Å². The van der Waals surface area contributed by atoms with Crippen molar-refractivity contribution in [1.29, 1.82) is 0 Å². The summed E-state index contributed by atoms with van der Waals surface area (Å²) in [7, 11) is 0. The number of hydrogen-bond acceptors (Lipinski definition) is 1. The van der Waals surface area contributed by atoms with Gasteiger partial charge in [-0.1, -0.05) is 33.8 Å². The van der Waals surface area contributed by atoms with E-state index in [4.69, 9.17) is 0 Å². The molecule has 1 rings (SSSR count). The third kappa shape index (κ3) is 3.52. The first-order valence-electron chi connectivity index (χ1n) is 6.43. The molecule has 0 radical (unpaired) electrons. The summed E-state index contributed by atoms with van der Waals surface area (Å²) in [5.41, 5.74) is 0.216. The van der Waals surface area contributed by atoms with E-state index in [1.54, 1.807) is 6.92 Å². The van der Waals surface area contributed by atoms with Crippen LogP contribution in [0.1, 0.15) is 46.2 Å². The fourth-order valence-electron chi connectivity index (χ4n) is 1.65. The molecule has 0 spiro atoms. The zero-order valence-electron chi connectivity index (χ0n) is 11.8. The van der Waals surface area contributed by atoms with E-state index in [0.29, 0.717) is 5.92 Å². The first kappa shape index (κ1) is 15.1. The van der Waals surface area contributed by atoms with Gasteiger partial charge in [0.1, 0.15) is 11.6 Å². The van der Waals surface area contributed by atoms with Crippen molar-refractivity contribution in [3.8, 4) is 0 Å². The van der Waals surface area contributed by atoms with E-state index in [1.165, 1.54) is 18.2 Å². The van der Waals surface area contributed by atoms with Crippen molar-refractivity contribution in [3.05, 3.63) is 35.4 Å². The maximum atomic E-state index is 13.6. The molecule has 0 bridgehead atoms. The molecule has 0 fully saturated rings. The molecule has 0 saturated carbocycles. The van der Waals surface area contributed by atoms with Crippen molar-refractivity contribution in [1.82, 2.24) is 5.32 Å². The molecule has 102 valence electrons. The van der Waals surface area contributed by atoms with Gasteiger partial charge in [-0.25, -0.2) is 8.78 Å². The second kappa shape index (κ2) is 5.79. The van der Waals surface area contributed by atoms with Crippen LogP contribution in [0, 0.1) is 23.0 Å². The van der Waals surface area contributed by atoms with Crippen LogP contribution in [0.15, 0.2) is 18.2 Å². The Morgan fingerprint density at radius 2 is 1.61 bits per heavy atom. The van der Waals surface area contributed by atoms with Crippen LogP contribution in [-0.2, 0) is 0 Å². The van der Waals surface area contributed by atoms with Crippen LogP contribution in [-0.4, -0.2) is 6.54 Å². The van der Waals surface area contributed by atoms with Crippen molar-refractivity contribution >= 4 is 0 Å². The third-order valence-electron chi connectivity index (χ3n) is 3.86. The van der Waals surface area contributed by atoms with E-state index in [-0.39, 0.29) is 17.0 Å². The molecule has 0 aliphatic carbocycles. The predicted molar refractivity (Wildman–Crippen MR) is 71.4 cm³/mol. The molecular weight excluding hydrogens is 232 g/mol. The van der Waals surface area contributed by atoms with Gasteiger partial charge in [0, 0.05) is 18.2 Å². The Hall–Kier alpha value is -0.960. The summed E-state index contributed by atoms with van der Waals surface area (Å²) >= 11 is 0. The lowest BCUT2D eigenvalue weighted by atomic mass is 9.81. The van der Waals surface area contributed by atoms with E-state index in [2.05, 4.69) is 33.0 Å². The van der Waals surface area contributed by atoms with Crippen molar-refractivity contribution in [2.75, 3.05) is 6.54 Å². The topological polar surface area (TPSA) is 12.0 Å². The molecule has 0 aliphatic heterocycles. The number of rotatable bonds is 5. The average molecular weight is 255 g/mol. The summed E-state index contributed by atoms with van der Waals surface area (Å²) < 4.78 is 27.2. The van der Waals surface area contributed by atoms with Crippen LogP contribution in [0.5, 0.6) is 0 Å². The fraction of sp³-hybridized carbons (Fsp3) is 0.600. The van der Waals surface area contributed by atoms with Crippen molar-refractivity contribution < 1.29 is 8.78 Å². The van der Waals surface area contributed by atoms with Gasteiger partial charge in [-0.2, -0.15) is 0 Å². The Morgan fingerprint density at radius 1 is 1.11 bits per heavy atom. The van der Waals surface area contributed by atoms with Crippen LogP contribution in [0.3, 0.4) is 0 Å². The van der Waals surface area contributed by atoms with E-state index in [0.717, 1.165) is 6.54 Å². The highest BCUT2D eigenvalue weighted by Gasteiger charge is 2.24. The monoisotopic (exact) mass is 255 g/mol. The van der Waals surface area contributed by atoms with E-state index >= 15 is 0 Å². The van der Waals surface area contributed by atoms with Gasteiger partial charge in [-0.15, -0.1) is 0 Å². The molecule has 1 unspecified atom stereocenters. The molecule has 1 atom stereocenters. The van der Waals surface area contributed by atoms with Crippen molar-refractivity contribution in [3.63, 3.8) is 0 Å². The van der Waals surface area contributed by atoms with Crippen molar-refractivity contribution in [2.45, 2.75) is 40.7 Å². The SMILES string of the molecule is CC(NCC(C)(C)C(C)C)c1c(F)cccc1F. The minimum Gasteiger partial charge on any atom is -0.309 e. The largest absolute Gasteiger partial charge is 0.309 e. The molecular formula is C15H23F2N. The number of nitrogens with one attached hydrogen (secondary N) is 1. The molecule has 0 amide bonds. The Balaban J connectivity index is 2.75. The highest BCUT2D eigenvalue weighted by molar-refractivity contribution is 5.22. The average Bonchev–Trinajstić information content (AvgIpc) is 2.26. The second-order valence-electron chi connectivity index (χ2n) is 5.88. The molecule has 0 heterocycles. The first-order valence-corrected chi connectivity index (χ1v) is 6.43. The molecule has 0 saturated heterocycles. The number of hydrogen-bond donors (Lipinski definition) is 1. The molecule has 3 heteroatoms. The maximum Gasteiger partial charge on any atom is 0.130 e. The molecule has 1 aromatic rings. The highest BCUT2D eigenvalue weighted by atomic mass is 19.1. The molecule has 18 heavy (non-hydrogen) atoms. The number of halogens is 2. The minimum absolute atomic E-state index is 0.0932. The van der Waals surface area contributed by atoms with E-state index < -0.39 is 11.6 Å². The smallest absolute Gasteiger partial charge is 0.130 e. The highest BCUT2D eigenvalue weighted by Crippen LogP contribution is 2.27. The standard InChI is InChI=1S/C15H23F2N/c1-10(2)15(4,5)9-18-11(3)14-12(16)7-6-8-13(14)17/h6-8,10-11,18H,9H2,1-5H3. The summed E-state index contributed by atoms with van der Waals surface area (Å²) in [5.74, 6) is -0.475. The van der Waals surface area contributed by atoms with Crippen molar-refractivity contribution in [2.24, 2.45) is 11.3 Å². The zero-order chi connectivity index (χ0) is 13.9. The Bertz CT molecular complexity index is 379.